The number of hydrogen-bond donors (Lipinski definition) is 2. The van der Waals surface area contributed by atoms with Crippen molar-refractivity contribution in [1.29, 1.82) is 0 Å². The second-order valence-electron chi connectivity index (χ2n) is 1.37. The van der Waals surface area contributed by atoms with Crippen molar-refractivity contribution in [2.24, 2.45) is 5.73 Å². The van der Waals surface area contributed by atoms with E-state index in [4.69, 9.17) is 5.11 Å². The molecule has 0 aromatic heterocycles. The topological polar surface area (TPSA) is 97.5 Å². The summed E-state index contributed by atoms with van der Waals surface area (Å²) in [7, 11) is 0. The first kappa shape index (κ1) is 12.9. The van der Waals surface area contributed by atoms with Crippen LogP contribution in [0.15, 0.2) is 0 Å². The summed E-state index contributed by atoms with van der Waals surface area (Å²) < 4.78 is 0. The Kier molecular flexibility index (Phi) is 7.72. The number of nitrogens with two attached hydrogens (primary N) is 1. The summed E-state index contributed by atoms with van der Waals surface area (Å²) in [5.74, 6) is -3.74. The SMILES string of the molecule is NC(=O)CC(=O)C(=O)O.[H-].[K+]. The van der Waals surface area contributed by atoms with Gasteiger partial charge in [-0.15, -0.1) is 0 Å². The summed E-state index contributed by atoms with van der Waals surface area (Å²) in [6.07, 6.45) is -0.727. The van der Waals surface area contributed by atoms with Gasteiger partial charge < -0.3 is 12.3 Å². The van der Waals surface area contributed by atoms with Crippen molar-refractivity contribution in [3.8, 4) is 0 Å². The van der Waals surface area contributed by atoms with Gasteiger partial charge in [-0.3, -0.25) is 9.59 Å². The number of Topliss-reactive ketones (excluding diaryl/α,β-unsaturated/α-hetero) is 1. The standard InChI is InChI=1S/C4H5NO4.K.H/c5-3(7)1-2(6)4(8)9;;/h1H2,(H2,5,7)(H,8,9);;/q;+1;-1. The van der Waals surface area contributed by atoms with E-state index in [1.807, 2.05) is 0 Å². The Labute approximate surface area is 101 Å². The fourth-order valence-corrected chi connectivity index (χ4v) is 0.234. The van der Waals surface area contributed by atoms with Crippen LogP contribution in [-0.2, 0) is 14.4 Å². The van der Waals surface area contributed by atoms with Gasteiger partial charge in [-0.05, 0) is 0 Å². The van der Waals surface area contributed by atoms with Crippen LogP contribution in [0.2, 0.25) is 0 Å². The molecule has 3 N–H and O–H groups in total. The molecular formula is C4H6KNO4. The van der Waals surface area contributed by atoms with Gasteiger partial charge in [-0.2, -0.15) is 0 Å². The number of ketones is 1. The van der Waals surface area contributed by atoms with Crippen molar-refractivity contribution in [1.82, 2.24) is 0 Å². The molecule has 0 fully saturated rings. The predicted octanol–water partition coefficient (Wildman–Crippen LogP) is -4.37. The first-order valence-electron chi connectivity index (χ1n) is 2.08. The summed E-state index contributed by atoms with van der Waals surface area (Å²) >= 11 is 0. The summed E-state index contributed by atoms with van der Waals surface area (Å²) in [5.41, 5.74) is 4.51. The normalized spacial score (nSPS) is 7.60. The Balaban J connectivity index is -0.000000320. The number of aliphatic carboxylic acids is 1. The van der Waals surface area contributed by atoms with Crippen LogP contribution in [-0.4, -0.2) is 22.8 Å². The minimum Gasteiger partial charge on any atom is -1.00 e. The van der Waals surface area contributed by atoms with Crippen LogP contribution in [0.1, 0.15) is 7.85 Å². The Morgan fingerprint density at radius 2 is 1.80 bits per heavy atom. The van der Waals surface area contributed by atoms with Crippen LogP contribution in [0.25, 0.3) is 0 Å². The molecule has 0 saturated carbocycles. The molecule has 0 unspecified atom stereocenters. The van der Waals surface area contributed by atoms with Crippen LogP contribution < -0.4 is 57.1 Å². The smallest absolute Gasteiger partial charge is 1.00 e. The molecule has 0 aliphatic carbocycles. The average Bonchev–Trinajstić information content (AvgIpc) is 1.63. The van der Waals surface area contributed by atoms with E-state index in [1.54, 1.807) is 0 Å². The van der Waals surface area contributed by atoms with Crippen LogP contribution >= 0.6 is 0 Å². The van der Waals surface area contributed by atoms with Gasteiger partial charge in [0.05, 0.1) is 6.42 Å². The van der Waals surface area contributed by atoms with E-state index in [0.717, 1.165) is 0 Å². The summed E-state index contributed by atoms with van der Waals surface area (Å²) in [6.45, 7) is 0. The van der Waals surface area contributed by atoms with E-state index in [0.29, 0.717) is 0 Å². The molecule has 0 spiro atoms. The van der Waals surface area contributed by atoms with E-state index in [-0.39, 0.29) is 52.8 Å². The molecule has 0 saturated heterocycles. The number of carboxylic acid groups (broad SMARTS) is 1. The summed E-state index contributed by atoms with van der Waals surface area (Å²) in [6, 6.07) is 0. The Bertz CT molecular complexity index is 171. The molecule has 0 aromatic carbocycles. The fourth-order valence-electron chi connectivity index (χ4n) is 0.234. The number of carbonyl (C=O) groups is 3. The Morgan fingerprint density at radius 3 is 1.90 bits per heavy atom. The van der Waals surface area contributed by atoms with E-state index in [9.17, 15) is 14.4 Å². The van der Waals surface area contributed by atoms with E-state index < -0.39 is 24.1 Å². The quantitative estimate of drug-likeness (QED) is 0.255. The Morgan fingerprint density at radius 1 is 1.40 bits per heavy atom. The van der Waals surface area contributed by atoms with Crippen LogP contribution in [0.3, 0.4) is 0 Å². The maximum Gasteiger partial charge on any atom is 1.00 e. The van der Waals surface area contributed by atoms with Gasteiger partial charge in [0.15, 0.2) is 0 Å². The van der Waals surface area contributed by atoms with Gasteiger partial charge in [-0.25, -0.2) is 4.79 Å². The van der Waals surface area contributed by atoms with Crippen molar-refractivity contribution in [3.63, 3.8) is 0 Å². The molecule has 6 heteroatoms. The molecule has 10 heavy (non-hydrogen) atoms. The third-order valence-electron chi connectivity index (χ3n) is 0.573. The molecule has 0 bridgehead atoms. The third-order valence-corrected chi connectivity index (χ3v) is 0.573. The molecule has 1 amide bonds. The van der Waals surface area contributed by atoms with Gasteiger partial charge in [0, 0.05) is 0 Å². The molecule has 0 radical (unpaired) electrons. The fraction of sp³-hybridized carbons (Fsp3) is 0.250. The molecule has 0 aliphatic rings. The molecule has 0 atom stereocenters. The number of hydrogen-bond acceptors (Lipinski definition) is 3. The number of carboxylic acids is 1. The van der Waals surface area contributed by atoms with Crippen molar-refractivity contribution in [2.75, 3.05) is 0 Å². The van der Waals surface area contributed by atoms with E-state index in [1.165, 1.54) is 0 Å². The second-order valence-corrected chi connectivity index (χ2v) is 1.37. The largest absolute Gasteiger partial charge is 1.00 e. The Hall–Kier alpha value is 0.246. The number of primary amides is 1. The molecule has 0 rings (SSSR count). The summed E-state index contributed by atoms with van der Waals surface area (Å²) in [5, 5.41) is 7.87. The minimum atomic E-state index is -1.63. The van der Waals surface area contributed by atoms with Crippen LogP contribution in [0.5, 0.6) is 0 Å². The number of carbonyl (C=O) groups excluding carboxylic acids is 2. The molecule has 0 aromatic rings. The monoisotopic (exact) mass is 171 g/mol. The molecule has 0 aliphatic heterocycles. The van der Waals surface area contributed by atoms with Gasteiger partial charge >= 0.3 is 57.4 Å². The van der Waals surface area contributed by atoms with Gasteiger partial charge in [-0.1, -0.05) is 0 Å². The minimum absolute atomic E-state index is 0. The third kappa shape index (κ3) is 6.37. The van der Waals surface area contributed by atoms with Gasteiger partial charge in [0.2, 0.25) is 11.7 Å². The molecule has 5 nitrogen and oxygen atoms in total. The average molecular weight is 171 g/mol. The molecular weight excluding hydrogens is 165 g/mol. The number of rotatable bonds is 3. The van der Waals surface area contributed by atoms with Crippen LogP contribution in [0.4, 0.5) is 0 Å². The summed E-state index contributed by atoms with van der Waals surface area (Å²) in [4.78, 5) is 29.6. The zero-order chi connectivity index (χ0) is 7.44. The van der Waals surface area contributed by atoms with Crippen molar-refractivity contribution in [3.05, 3.63) is 0 Å². The maximum atomic E-state index is 10.1. The first-order chi connectivity index (χ1) is 4.04. The predicted molar refractivity (Wildman–Crippen MR) is 27.6 cm³/mol. The van der Waals surface area contributed by atoms with Crippen molar-refractivity contribution in [2.45, 2.75) is 6.42 Å². The van der Waals surface area contributed by atoms with Crippen molar-refractivity contribution >= 4 is 17.7 Å². The zero-order valence-corrected chi connectivity index (χ0v) is 8.58. The van der Waals surface area contributed by atoms with Gasteiger partial charge in [0.25, 0.3) is 0 Å². The van der Waals surface area contributed by atoms with E-state index in [2.05, 4.69) is 5.73 Å². The first-order valence-corrected chi connectivity index (χ1v) is 2.08. The van der Waals surface area contributed by atoms with Crippen LogP contribution in [0, 0.1) is 0 Å². The molecule has 52 valence electrons. The molecule has 0 heterocycles. The van der Waals surface area contributed by atoms with Gasteiger partial charge in [0.1, 0.15) is 0 Å². The van der Waals surface area contributed by atoms with E-state index >= 15 is 0 Å². The zero-order valence-electron chi connectivity index (χ0n) is 6.46. The maximum absolute atomic E-state index is 10.1. The van der Waals surface area contributed by atoms with Crippen molar-refractivity contribution < 1.29 is 72.3 Å². The second kappa shape index (κ2) is 5.99. The number of amides is 1.